The average molecular weight is 204 g/mol. The van der Waals surface area contributed by atoms with Gasteiger partial charge in [0.15, 0.2) is 0 Å². The van der Waals surface area contributed by atoms with Crippen LogP contribution in [0.1, 0.15) is 37.8 Å². The van der Waals surface area contributed by atoms with Crippen LogP contribution in [0, 0.1) is 0 Å². The zero-order valence-corrected chi connectivity index (χ0v) is 9.61. The minimum atomic E-state index is 0.115. The molecular weight excluding hydrogens is 184 g/mol. The smallest absolute Gasteiger partial charge is 0.0414 e. The number of benzene rings is 1. The second-order valence-corrected chi connectivity index (χ2v) is 4.54. The van der Waals surface area contributed by atoms with Crippen molar-refractivity contribution in [3.05, 3.63) is 29.8 Å². The number of nitrogens with zero attached hydrogens (tertiary/aromatic N) is 1. The van der Waals surface area contributed by atoms with Gasteiger partial charge in [0.05, 0.1) is 0 Å². The van der Waals surface area contributed by atoms with Gasteiger partial charge in [0.25, 0.3) is 0 Å². The van der Waals surface area contributed by atoms with Crippen molar-refractivity contribution in [2.24, 2.45) is 5.73 Å². The third-order valence-corrected chi connectivity index (χ3v) is 3.43. The van der Waals surface area contributed by atoms with Crippen LogP contribution in [-0.2, 0) is 0 Å². The molecule has 82 valence electrons. The van der Waals surface area contributed by atoms with Gasteiger partial charge < -0.3 is 10.6 Å². The maximum absolute atomic E-state index is 5.99. The van der Waals surface area contributed by atoms with Gasteiger partial charge in [0.1, 0.15) is 0 Å². The highest BCUT2D eigenvalue weighted by molar-refractivity contribution is 5.55. The van der Waals surface area contributed by atoms with E-state index in [1.54, 1.807) is 0 Å². The van der Waals surface area contributed by atoms with Crippen molar-refractivity contribution >= 4 is 5.69 Å². The predicted octanol–water partition coefficient (Wildman–Crippen LogP) is 2.70. The largest absolute Gasteiger partial charge is 0.371 e. The van der Waals surface area contributed by atoms with Crippen LogP contribution in [0.2, 0.25) is 0 Å². The number of hydrogen-bond acceptors (Lipinski definition) is 2. The molecule has 2 N–H and O–H groups in total. The topological polar surface area (TPSA) is 29.3 Å². The van der Waals surface area contributed by atoms with Crippen molar-refractivity contribution < 1.29 is 0 Å². The summed E-state index contributed by atoms with van der Waals surface area (Å²) in [6.45, 7) is 2.05. The number of rotatable bonds is 3. The maximum Gasteiger partial charge on any atom is 0.0414 e. The van der Waals surface area contributed by atoms with E-state index in [1.807, 2.05) is 6.92 Å². The van der Waals surface area contributed by atoms with E-state index < -0.39 is 0 Å². The van der Waals surface area contributed by atoms with E-state index in [2.05, 4.69) is 36.2 Å². The van der Waals surface area contributed by atoms with Crippen molar-refractivity contribution in [1.82, 2.24) is 0 Å². The highest BCUT2D eigenvalue weighted by Gasteiger charge is 2.23. The molecule has 0 saturated heterocycles. The molecule has 15 heavy (non-hydrogen) atoms. The SMILES string of the molecule is C[C@H](N)c1ccccc1N(C)C1CCC1. The van der Waals surface area contributed by atoms with Crippen molar-refractivity contribution in [2.45, 2.75) is 38.3 Å². The van der Waals surface area contributed by atoms with Crippen LogP contribution < -0.4 is 10.6 Å². The fourth-order valence-corrected chi connectivity index (χ4v) is 2.16. The summed E-state index contributed by atoms with van der Waals surface area (Å²) in [6.07, 6.45) is 4.02. The molecule has 1 saturated carbocycles. The van der Waals surface area contributed by atoms with Crippen LogP contribution in [0.15, 0.2) is 24.3 Å². The minimum absolute atomic E-state index is 0.115. The molecule has 1 aliphatic carbocycles. The van der Waals surface area contributed by atoms with Crippen molar-refractivity contribution in [2.75, 3.05) is 11.9 Å². The van der Waals surface area contributed by atoms with Gasteiger partial charge in [0.2, 0.25) is 0 Å². The molecule has 1 fully saturated rings. The molecule has 0 radical (unpaired) electrons. The van der Waals surface area contributed by atoms with Gasteiger partial charge in [-0.15, -0.1) is 0 Å². The van der Waals surface area contributed by atoms with Gasteiger partial charge in [-0.25, -0.2) is 0 Å². The number of para-hydroxylation sites is 1. The molecular formula is C13H20N2. The fourth-order valence-electron chi connectivity index (χ4n) is 2.16. The highest BCUT2D eigenvalue weighted by atomic mass is 15.1. The quantitative estimate of drug-likeness (QED) is 0.820. The van der Waals surface area contributed by atoms with Crippen LogP contribution in [0.3, 0.4) is 0 Å². The Morgan fingerprint density at radius 2 is 2.00 bits per heavy atom. The first-order valence-corrected chi connectivity index (χ1v) is 5.77. The summed E-state index contributed by atoms with van der Waals surface area (Å²) >= 11 is 0. The Labute approximate surface area is 92.1 Å². The minimum Gasteiger partial charge on any atom is -0.371 e. The van der Waals surface area contributed by atoms with Crippen LogP contribution in [-0.4, -0.2) is 13.1 Å². The monoisotopic (exact) mass is 204 g/mol. The van der Waals surface area contributed by atoms with Gasteiger partial charge >= 0.3 is 0 Å². The normalized spacial score (nSPS) is 18.3. The first-order chi connectivity index (χ1) is 7.20. The molecule has 0 aliphatic heterocycles. The molecule has 0 aromatic heterocycles. The highest BCUT2D eigenvalue weighted by Crippen LogP contribution is 2.31. The van der Waals surface area contributed by atoms with Crippen LogP contribution in [0.5, 0.6) is 0 Å². The molecule has 2 nitrogen and oxygen atoms in total. The van der Waals surface area contributed by atoms with Crippen molar-refractivity contribution in [3.8, 4) is 0 Å². The zero-order chi connectivity index (χ0) is 10.8. The first-order valence-electron chi connectivity index (χ1n) is 5.77. The zero-order valence-electron chi connectivity index (χ0n) is 9.61. The third-order valence-electron chi connectivity index (χ3n) is 3.43. The Morgan fingerprint density at radius 1 is 1.33 bits per heavy atom. The van der Waals surface area contributed by atoms with Gasteiger partial charge in [-0.3, -0.25) is 0 Å². The first kappa shape index (κ1) is 10.5. The summed E-state index contributed by atoms with van der Waals surface area (Å²) in [5.41, 5.74) is 8.54. The Balaban J connectivity index is 2.25. The van der Waals surface area contributed by atoms with Crippen molar-refractivity contribution in [3.63, 3.8) is 0 Å². The predicted molar refractivity (Wildman–Crippen MR) is 65.1 cm³/mol. The van der Waals surface area contributed by atoms with Gasteiger partial charge in [-0.2, -0.15) is 0 Å². The Morgan fingerprint density at radius 3 is 2.53 bits per heavy atom. The number of hydrogen-bond donors (Lipinski definition) is 1. The lowest BCUT2D eigenvalue weighted by atomic mass is 9.90. The lowest BCUT2D eigenvalue weighted by molar-refractivity contribution is 0.400. The second-order valence-electron chi connectivity index (χ2n) is 4.54. The summed E-state index contributed by atoms with van der Waals surface area (Å²) in [6, 6.07) is 9.31. The summed E-state index contributed by atoms with van der Waals surface area (Å²) in [4.78, 5) is 2.39. The lowest BCUT2D eigenvalue weighted by Crippen LogP contribution is -2.37. The number of anilines is 1. The van der Waals surface area contributed by atoms with E-state index >= 15 is 0 Å². The molecule has 1 aromatic rings. The van der Waals surface area contributed by atoms with Gasteiger partial charge in [-0.05, 0) is 37.8 Å². The van der Waals surface area contributed by atoms with E-state index in [-0.39, 0.29) is 6.04 Å². The van der Waals surface area contributed by atoms with E-state index in [4.69, 9.17) is 5.73 Å². The van der Waals surface area contributed by atoms with Crippen LogP contribution >= 0.6 is 0 Å². The molecule has 0 unspecified atom stereocenters. The average Bonchev–Trinajstić information content (AvgIpc) is 2.15. The van der Waals surface area contributed by atoms with E-state index in [9.17, 15) is 0 Å². The summed E-state index contributed by atoms with van der Waals surface area (Å²) < 4.78 is 0. The molecule has 1 aromatic carbocycles. The van der Waals surface area contributed by atoms with Crippen LogP contribution in [0.4, 0.5) is 5.69 Å². The molecule has 1 atom stereocenters. The molecule has 1 aliphatic rings. The Hall–Kier alpha value is -1.02. The fraction of sp³-hybridized carbons (Fsp3) is 0.538. The Bertz CT molecular complexity index is 329. The molecule has 0 heterocycles. The van der Waals surface area contributed by atoms with E-state index in [1.165, 1.54) is 30.5 Å². The van der Waals surface area contributed by atoms with Gasteiger partial charge in [0, 0.05) is 24.8 Å². The molecule has 2 rings (SSSR count). The molecule has 0 spiro atoms. The second kappa shape index (κ2) is 4.23. The van der Waals surface area contributed by atoms with E-state index in [0.29, 0.717) is 0 Å². The maximum atomic E-state index is 5.99. The summed E-state index contributed by atoms with van der Waals surface area (Å²) in [5.74, 6) is 0. The lowest BCUT2D eigenvalue weighted by Gasteiger charge is -2.37. The molecule has 2 heteroatoms. The third kappa shape index (κ3) is 2.00. The Kier molecular flexibility index (Phi) is 2.96. The molecule has 0 amide bonds. The van der Waals surface area contributed by atoms with E-state index in [0.717, 1.165) is 6.04 Å². The summed E-state index contributed by atoms with van der Waals surface area (Å²) in [5, 5.41) is 0. The van der Waals surface area contributed by atoms with Gasteiger partial charge in [-0.1, -0.05) is 18.2 Å². The van der Waals surface area contributed by atoms with Crippen LogP contribution in [0.25, 0.3) is 0 Å². The van der Waals surface area contributed by atoms with Crippen molar-refractivity contribution in [1.29, 1.82) is 0 Å². The standard InChI is InChI=1S/C13H20N2/c1-10(14)12-8-3-4-9-13(12)15(2)11-6-5-7-11/h3-4,8-11H,5-7,14H2,1-2H3/t10-/m0/s1. The number of nitrogens with two attached hydrogens (primary N) is 1. The summed E-state index contributed by atoms with van der Waals surface area (Å²) in [7, 11) is 2.19. The molecule has 0 bridgehead atoms.